The van der Waals surface area contributed by atoms with Gasteiger partial charge in [-0.2, -0.15) is 0 Å². The predicted octanol–water partition coefficient (Wildman–Crippen LogP) is 10.4. The third-order valence-corrected chi connectivity index (χ3v) is 8.66. The SMILES string of the molecule is CCCCCCCCCC/C=C/CC/C=C/CC/C=C/C(O)C(CO)NC(=O)CC(O)CCCCCCCCCCCCCC. The Kier molecular flexibility index (Phi) is 34.3. The molecule has 0 bridgehead atoms. The zero-order valence-corrected chi connectivity index (χ0v) is 29.7. The van der Waals surface area contributed by atoms with E-state index in [4.69, 9.17) is 0 Å². The Morgan fingerprint density at radius 1 is 0.556 bits per heavy atom. The lowest BCUT2D eigenvalue weighted by molar-refractivity contribution is -0.124. The van der Waals surface area contributed by atoms with Crippen molar-refractivity contribution in [2.75, 3.05) is 6.61 Å². The molecule has 0 saturated heterocycles. The first-order valence-electron chi connectivity index (χ1n) is 19.3. The van der Waals surface area contributed by atoms with Crippen molar-refractivity contribution in [2.24, 2.45) is 0 Å². The molecule has 0 fully saturated rings. The van der Waals surface area contributed by atoms with E-state index in [1.54, 1.807) is 6.08 Å². The second kappa shape index (κ2) is 35.4. The fourth-order valence-corrected chi connectivity index (χ4v) is 5.66. The molecule has 5 heteroatoms. The first kappa shape index (κ1) is 43.6. The van der Waals surface area contributed by atoms with Crippen LogP contribution in [0.25, 0.3) is 0 Å². The number of unbranched alkanes of at least 4 members (excludes halogenated alkanes) is 21. The molecule has 264 valence electrons. The fraction of sp³-hybridized carbons (Fsp3) is 0.825. The van der Waals surface area contributed by atoms with Gasteiger partial charge in [-0.05, 0) is 44.9 Å². The molecule has 3 unspecified atom stereocenters. The highest BCUT2D eigenvalue weighted by Crippen LogP contribution is 2.14. The second-order valence-corrected chi connectivity index (χ2v) is 13.2. The van der Waals surface area contributed by atoms with Crippen LogP contribution in [0.1, 0.15) is 187 Å². The predicted molar refractivity (Wildman–Crippen MR) is 194 cm³/mol. The van der Waals surface area contributed by atoms with Crippen LogP contribution in [0.3, 0.4) is 0 Å². The fourth-order valence-electron chi connectivity index (χ4n) is 5.66. The summed E-state index contributed by atoms with van der Waals surface area (Å²) in [6.45, 7) is 4.17. The molecule has 0 aliphatic heterocycles. The lowest BCUT2D eigenvalue weighted by Gasteiger charge is -2.21. The summed E-state index contributed by atoms with van der Waals surface area (Å²) in [6, 6.07) is -0.763. The summed E-state index contributed by atoms with van der Waals surface area (Å²) >= 11 is 0. The van der Waals surface area contributed by atoms with Crippen LogP contribution >= 0.6 is 0 Å². The monoisotopic (exact) mass is 634 g/mol. The number of allylic oxidation sites excluding steroid dienone is 5. The molecule has 0 rings (SSSR count). The van der Waals surface area contributed by atoms with Gasteiger partial charge in [0, 0.05) is 0 Å². The van der Waals surface area contributed by atoms with Gasteiger partial charge in [0.25, 0.3) is 0 Å². The van der Waals surface area contributed by atoms with Gasteiger partial charge in [0.15, 0.2) is 0 Å². The summed E-state index contributed by atoms with van der Waals surface area (Å²) in [5.41, 5.74) is 0. The maximum Gasteiger partial charge on any atom is 0.222 e. The van der Waals surface area contributed by atoms with Crippen LogP contribution in [0.4, 0.5) is 0 Å². The summed E-state index contributed by atoms with van der Waals surface area (Å²) in [6.07, 6.45) is 42.7. The molecule has 3 atom stereocenters. The molecule has 45 heavy (non-hydrogen) atoms. The van der Waals surface area contributed by atoms with Gasteiger partial charge >= 0.3 is 0 Å². The molecule has 0 heterocycles. The molecule has 0 aliphatic rings. The van der Waals surface area contributed by atoms with Crippen LogP contribution in [0.15, 0.2) is 36.5 Å². The van der Waals surface area contributed by atoms with Crippen molar-refractivity contribution in [1.29, 1.82) is 0 Å². The van der Waals surface area contributed by atoms with E-state index in [1.165, 1.54) is 122 Å². The van der Waals surface area contributed by atoms with Gasteiger partial charge in [-0.1, -0.05) is 172 Å². The third kappa shape index (κ3) is 32.3. The largest absolute Gasteiger partial charge is 0.394 e. The lowest BCUT2D eigenvalue weighted by Crippen LogP contribution is -2.45. The molecule has 0 aromatic carbocycles. The molecular weight excluding hydrogens is 558 g/mol. The topological polar surface area (TPSA) is 89.8 Å². The van der Waals surface area contributed by atoms with E-state index in [1.807, 2.05) is 6.08 Å². The van der Waals surface area contributed by atoms with Crippen molar-refractivity contribution in [1.82, 2.24) is 5.32 Å². The number of hydrogen-bond acceptors (Lipinski definition) is 4. The Labute approximate surface area is 279 Å². The van der Waals surface area contributed by atoms with Gasteiger partial charge in [-0.15, -0.1) is 0 Å². The molecule has 0 aliphatic carbocycles. The number of nitrogens with one attached hydrogen (secondary N) is 1. The lowest BCUT2D eigenvalue weighted by atomic mass is 10.0. The summed E-state index contributed by atoms with van der Waals surface area (Å²) < 4.78 is 0. The number of carbonyl (C=O) groups is 1. The smallest absolute Gasteiger partial charge is 0.222 e. The Bertz CT molecular complexity index is 704. The molecule has 5 nitrogen and oxygen atoms in total. The van der Waals surface area contributed by atoms with E-state index in [9.17, 15) is 20.1 Å². The van der Waals surface area contributed by atoms with Crippen molar-refractivity contribution in [3.63, 3.8) is 0 Å². The maximum absolute atomic E-state index is 12.4. The number of hydrogen-bond donors (Lipinski definition) is 4. The van der Waals surface area contributed by atoms with Gasteiger partial charge in [-0.3, -0.25) is 4.79 Å². The zero-order chi connectivity index (χ0) is 33.1. The number of rotatable bonds is 34. The van der Waals surface area contributed by atoms with Crippen molar-refractivity contribution >= 4 is 5.91 Å². The van der Waals surface area contributed by atoms with Crippen LogP contribution in [0.2, 0.25) is 0 Å². The second-order valence-electron chi connectivity index (χ2n) is 13.2. The first-order valence-corrected chi connectivity index (χ1v) is 19.3. The standard InChI is InChI=1S/C40H75NO4/c1-3-5-7-9-11-13-15-17-18-19-20-21-22-24-26-28-30-32-34-39(44)38(36-42)41-40(45)35-37(43)33-31-29-27-25-23-16-14-12-10-8-6-4-2/h19-20,24,26,32,34,37-39,42-44H,3-18,21-23,25,27-31,33,35-36H2,1-2H3,(H,41,45)/b20-19+,26-24+,34-32+. The molecule has 0 saturated carbocycles. The van der Waals surface area contributed by atoms with Crippen LogP contribution < -0.4 is 5.32 Å². The Morgan fingerprint density at radius 2 is 0.956 bits per heavy atom. The highest BCUT2D eigenvalue weighted by atomic mass is 16.3. The molecule has 0 radical (unpaired) electrons. The average molecular weight is 634 g/mol. The molecule has 1 amide bonds. The van der Waals surface area contributed by atoms with Gasteiger partial charge in [0.05, 0.1) is 31.3 Å². The molecule has 4 N–H and O–H groups in total. The Hall–Kier alpha value is -1.43. The van der Waals surface area contributed by atoms with E-state index in [2.05, 4.69) is 43.5 Å². The molecule has 0 aromatic heterocycles. The van der Waals surface area contributed by atoms with Crippen molar-refractivity contribution in [3.8, 4) is 0 Å². The maximum atomic E-state index is 12.4. The number of aliphatic hydroxyl groups is 3. The van der Waals surface area contributed by atoms with Crippen molar-refractivity contribution < 1.29 is 20.1 Å². The quantitative estimate of drug-likeness (QED) is 0.0419. The van der Waals surface area contributed by atoms with Crippen molar-refractivity contribution in [2.45, 2.75) is 205 Å². The molecule has 0 aromatic rings. The Balaban J connectivity index is 3.80. The highest BCUT2D eigenvalue weighted by Gasteiger charge is 2.20. The van der Waals surface area contributed by atoms with Crippen LogP contribution in [-0.4, -0.2) is 46.1 Å². The zero-order valence-electron chi connectivity index (χ0n) is 29.7. The van der Waals surface area contributed by atoms with E-state index in [0.29, 0.717) is 6.42 Å². The summed E-state index contributed by atoms with van der Waals surface area (Å²) in [7, 11) is 0. The normalized spacial score (nSPS) is 14.2. The van der Waals surface area contributed by atoms with Crippen LogP contribution in [0.5, 0.6) is 0 Å². The van der Waals surface area contributed by atoms with Crippen molar-refractivity contribution in [3.05, 3.63) is 36.5 Å². The minimum absolute atomic E-state index is 0.00411. The van der Waals surface area contributed by atoms with E-state index >= 15 is 0 Å². The number of aliphatic hydroxyl groups excluding tert-OH is 3. The molecular formula is C40H75NO4. The van der Waals surface area contributed by atoms with Gasteiger partial charge in [0.2, 0.25) is 5.91 Å². The van der Waals surface area contributed by atoms with Gasteiger partial charge in [-0.25, -0.2) is 0 Å². The summed E-state index contributed by atoms with van der Waals surface area (Å²) in [5, 5.41) is 33.0. The minimum atomic E-state index is -0.956. The van der Waals surface area contributed by atoms with Gasteiger partial charge < -0.3 is 20.6 Å². The summed E-state index contributed by atoms with van der Waals surface area (Å²) in [4.78, 5) is 12.4. The Morgan fingerprint density at radius 3 is 1.42 bits per heavy atom. The minimum Gasteiger partial charge on any atom is -0.394 e. The van der Waals surface area contributed by atoms with Crippen LogP contribution in [-0.2, 0) is 4.79 Å². The molecule has 0 spiro atoms. The van der Waals surface area contributed by atoms with E-state index in [0.717, 1.165) is 38.5 Å². The van der Waals surface area contributed by atoms with E-state index < -0.39 is 18.2 Å². The van der Waals surface area contributed by atoms with E-state index in [-0.39, 0.29) is 18.9 Å². The summed E-state index contributed by atoms with van der Waals surface area (Å²) in [5.74, 6) is -0.331. The highest BCUT2D eigenvalue weighted by molar-refractivity contribution is 5.76. The average Bonchev–Trinajstić information content (AvgIpc) is 3.03. The van der Waals surface area contributed by atoms with Crippen LogP contribution in [0, 0.1) is 0 Å². The number of amides is 1. The van der Waals surface area contributed by atoms with Gasteiger partial charge in [0.1, 0.15) is 0 Å². The number of carbonyl (C=O) groups excluding carboxylic acids is 1. The first-order chi connectivity index (χ1) is 22.0. The third-order valence-electron chi connectivity index (χ3n) is 8.66.